The summed E-state index contributed by atoms with van der Waals surface area (Å²) in [6, 6.07) is 7.53. The summed E-state index contributed by atoms with van der Waals surface area (Å²) in [6.07, 6.45) is 1.83. The summed E-state index contributed by atoms with van der Waals surface area (Å²) in [5, 5.41) is 14.0. The fraction of sp³-hybridized carbons (Fsp3) is 0.353. The van der Waals surface area contributed by atoms with E-state index in [-0.39, 0.29) is 17.9 Å². The van der Waals surface area contributed by atoms with Gasteiger partial charge in [-0.15, -0.1) is 11.3 Å². The molecule has 1 aliphatic carbocycles. The van der Waals surface area contributed by atoms with Gasteiger partial charge in [0.05, 0.1) is 27.7 Å². The largest absolute Gasteiger partial charge is 0.481 e. The van der Waals surface area contributed by atoms with Crippen LogP contribution in [-0.4, -0.2) is 28.0 Å². The zero-order valence-corrected chi connectivity index (χ0v) is 13.6. The van der Waals surface area contributed by atoms with E-state index >= 15 is 0 Å². The predicted octanol–water partition coefficient (Wildman–Crippen LogP) is 3.10. The quantitative estimate of drug-likeness (QED) is 0.903. The van der Waals surface area contributed by atoms with Crippen molar-refractivity contribution in [2.24, 2.45) is 5.92 Å². The number of aryl methyl sites for hydroxylation is 1. The first-order valence-electron chi connectivity index (χ1n) is 7.60. The van der Waals surface area contributed by atoms with E-state index in [0.29, 0.717) is 30.5 Å². The van der Waals surface area contributed by atoms with E-state index in [2.05, 4.69) is 10.3 Å². The number of carboxylic acids is 1. The second-order valence-corrected chi connectivity index (χ2v) is 6.77. The number of amides is 1. The third kappa shape index (κ3) is 3.42. The third-order valence-electron chi connectivity index (χ3n) is 4.22. The van der Waals surface area contributed by atoms with Crippen molar-refractivity contribution in [3.63, 3.8) is 0 Å². The third-order valence-corrected chi connectivity index (χ3v) is 5.11. The number of aromatic nitrogens is 1. The van der Waals surface area contributed by atoms with Crippen LogP contribution in [0.15, 0.2) is 29.6 Å². The molecule has 2 aromatic rings. The maximum atomic E-state index is 12.4. The normalized spacial score (nSPS) is 20.4. The Morgan fingerprint density at radius 1 is 1.30 bits per heavy atom. The molecular weight excluding hydrogens is 312 g/mol. The van der Waals surface area contributed by atoms with E-state index in [1.54, 1.807) is 17.4 Å². The molecule has 1 saturated carbocycles. The number of nitrogens with zero attached hydrogens (tertiary/aromatic N) is 1. The first kappa shape index (κ1) is 15.7. The van der Waals surface area contributed by atoms with Crippen LogP contribution in [0.1, 0.15) is 35.3 Å². The highest BCUT2D eigenvalue weighted by Gasteiger charge is 2.30. The van der Waals surface area contributed by atoms with Crippen LogP contribution >= 0.6 is 11.3 Å². The van der Waals surface area contributed by atoms with Crippen molar-refractivity contribution in [1.82, 2.24) is 10.3 Å². The first-order chi connectivity index (χ1) is 11.0. The van der Waals surface area contributed by atoms with E-state index in [0.717, 1.165) is 10.6 Å². The Hall–Kier alpha value is -2.21. The van der Waals surface area contributed by atoms with Gasteiger partial charge in [0.15, 0.2) is 0 Å². The molecular formula is C17H18N2O3S. The smallest absolute Gasteiger partial charge is 0.306 e. The molecule has 3 rings (SSSR count). The molecule has 1 fully saturated rings. The van der Waals surface area contributed by atoms with Gasteiger partial charge >= 0.3 is 5.97 Å². The molecule has 2 N–H and O–H groups in total. The number of hydrogen-bond acceptors (Lipinski definition) is 4. The van der Waals surface area contributed by atoms with Crippen LogP contribution in [0.5, 0.6) is 0 Å². The molecule has 0 spiro atoms. The van der Waals surface area contributed by atoms with E-state index in [1.165, 1.54) is 0 Å². The van der Waals surface area contributed by atoms with Crippen LogP contribution in [0.3, 0.4) is 0 Å². The Balaban J connectivity index is 1.69. The minimum atomic E-state index is -0.778. The molecule has 2 heterocycles. The number of carbonyl (C=O) groups is 2. The van der Waals surface area contributed by atoms with Crippen LogP contribution < -0.4 is 5.32 Å². The summed E-state index contributed by atoms with van der Waals surface area (Å²) in [7, 11) is 0. The fourth-order valence-electron chi connectivity index (χ4n) is 2.96. The zero-order chi connectivity index (χ0) is 16.4. The summed E-state index contributed by atoms with van der Waals surface area (Å²) < 4.78 is 0. The average molecular weight is 330 g/mol. The SMILES string of the molecule is Cc1nc(-c2cccs2)ccc1C(=O)N[C@@H]1CC[C@H](C(=O)O)C1. The molecule has 0 unspecified atom stereocenters. The molecule has 5 nitrogen and oxygen atoms in total. The highest BCUT2D eigenvalue weighted by molar-refractivity contribution is 7.13. The monoisotopic (exact) mass is 330 g/mol. The molecule has 0 bridgehead atoms. The van der Waals surface area contributed by atoms with Crippen molar-refractivity contribution in [1.29, 1.82) is 0 Å². The Morgan fingerprint density at radius 2 is 2.13 bits per heavy atom. The Morgan fingerprint density at radius 3 is 2.74 bits per heavy atom. The van der Waals surface area contributed by atoms with Gasteiger partial charge in [-0.2, -0.15) is 0 Å². The maximum Gasteiger partial charge on any atom is 0.306 e. The van der Waals surface area contributed by atoms with Crippen LogP contribution in [0, 0.1) is 12.8 Å². The number of carboxylic acid groups (broad SMARTS) is 1. The van der Waals surface area contributed by atoms with E-state index < -0.39 is 5.97 Å². The molecule has 2 aromatic heterocycles. The van der Waals surface area contributed by atoms with Crippen LogP contribution in [0.4, 0.5) is 0 Å². The van der Waals surface area contributed by atoms with Crippen LogP contribution in [0.2, 0.25) is 0 Å². The maximum absolute atomic E-state index is 12.4. The topological polar surface area (TPSA) is 79.3 Å². The lowest BCUT2D eigenvalue weighted by Crippen LogP contribution is -2.33. The van der Waals surface area contributed by atoms with Gasteiger partial charge in [-0.1, -0.05) is 6.07 Å². The molecule has 0 radical (unpaired) electrons. The van der Waals surface area contributed by atoms with E-state index in [1.807, 2.05) is 30.5 Å². The summed E-state index contributed by atoms with van der Waals surface area (Å²) in [5.41, 5.74) is 2.09. The molecule has 0 saturated heterocycles. The molecule has 1 aliphatic rings. The number of hydrogen-bond donors (Lipinski definition) is 2. The summed E-state index contributed by atoms with van der Waals surface area (Å²) in [6.45, 7) is 1.82. The molecule has 23 heavy (non-hydrogen) atoms. The van der Waals surface area contributed by atoms with E-state index in [4.69, 9.17) is 5.11 Å². The average Bonchev–Trinajstić information content (AvgIpc) is 3.18. The number of nitrogens with one attached hydrogen (secondary N) is 1. The number of aliphatic carboxylic acids is 1. The first-order valence-corrected chi connectivity index (χ1v) is 8.47. The van der Waals surface area contributed by atoms with Gasteiger partial charge in [-0.25, -0.2) is 0 Å². The van der Waals surface area contributed by atoms with Crippen LogP contribution in [-0.2, 0) is 4.79 Å². The summed E-state index contributed by atoms with van der Waals surface area (Å²) >= 11 is 1.61. The van der Waals surface area contributed by atoms with Gasteiger partial charge in [0.2, 0.25) is 0 Å². The number of carbonyl (C=O) groups excluding carboxylic acids is 1. The van der Waals surface area contributed by atoms with Gasteiger partial charge in [0.1, 0.15) is 0 Å². The van der Waals surface area contributed by atoms with Crippen molar-refractivity contribution in [2.45, 2.75) is 32.2 Å². The molecule has 0 aromatic carbocycles. The minimum Gasteiger partial charge on any atom is -0.481 e. The lowest BCUT2D eigenvalue weighted by Gasteiger charge is -2.14. The summed E-state index contributed by atoms with van der Waals surface area (Å²) in [4.78, 5) is 29.0. The second kappa shape index (κ2) is 6.50. The number of pyridine rings is 1. The molecule has 2 atom stereocenters. The second-order valence-electron chi connectivity index (χ2n) is 5.83. The highest BCUT2D eigenvalue weighted by Crippen LogP contribution is 2.27. The van der Waals surface area contributed by atoms with Gasteiger partial charge in [-0.3, -0.25) is 14.6 Å². The van der Waals surface area contributed by atoms with Crippen molar-refractivity contribution in [3.8, 4) is 10.6 Å². The molecule has 0 aliphatic heterocycles. The zero-order valence-electron chi connectivity index (χ0n) is 12.8. The van der Waals surface area contributed by atoms with Gasteiger partial charge < -0.3 is 10.4 Å². The highest BCUT2D eigenvalue weighted by atomic mass is 32.1. The van der Waals surface area contributed by atoms with Gasteiger partial charge in [0, 0.05) is 6.04 Å². The standard InChI is InChI=1S/C17H18N2O3S/c1-10-13(6-7-14(18-10)15-3-2-8-23-15)16(20)19-12-5-4-11(9-12)17(21)22/h2-3,6-8,11-12H,4-5,9H2,1H3,(H,19,20)(H,21,22)/t11-,12+/m0/s1. The van der Waals surface area contributed by atoms with Crippen molar-refractivity contribution < 1.29 is 14.7 Å². The van der Waals surface area contributed by atoms with Crippen LogP contribution in [0.25, 0.3) is 10.6 Å². The van der Waals surface area contributed by atoms with Crippen molar-refractivity contribution in [2.75, 3.05) is 0 Å². The Bertz CT molecular complexity index is 727. The Labute approximate surface area is 138 Å². The number of thiophene rings is 1. The van der Waals surface area contributed by atoms with Crippen molar-refractivity contribution in [3.05, 3.63) is 40.9 Å². The predicted molar refractivity (Wildman–Crippen MR) is 88.5 cm³/mol. The fourth-order valence-corrected chi connectivity index (χ4v) is 3.66. The summed E-state index contributed by atoms with van der Waals surface area (Å²) in [5.74, 6) is -1.30. The molecule has 120 valence electrons. The lowest BCUT2D eigenvalue weighted by molar-refractivity contribution is -0.141. The van der Waals surface area contributed by atoms with Gasteiger partial charge in [-0.05, 0) is 49.8 Å². The molecule has 6 heteroatoms. The minimum absolute atomic E-state index is 0.0695. The van der Waals surface area contributed by atoms with Crippen molar-refractivity contribution >= 4 is 23.2 Å². The van der Waals surface area contributed by atoms with Gasteiger partial charge in [0.25, 0.3) is 5.91 Å². The van der Waals surface area contributed by atoms with E-state index in [9.17, 15) is 9.59 Å². The Kier molecular flexibility index (Phi) is 4.43. The number of rotatable bonds is 4. The lowest BCUT2D eigenvalue weighted by atomic mass is 10.1. The molecule has 1 amide bonds.